The van der Waals surface area contributed by atoms with E-state index in [0.29, 0.717) is 17.6 Å². The lowest BCUT2D eigenvalue weighted by atomic mass is 10.1. The third-order valence-corrected chi connectivity index (χ3v) is 4.44. The van der Waals surface area contributed by atoms with Crippen molar-refractivity contribution in [2.24, 2.45) is 0 Å². The van der Waals surface area contributed by atoms with Crippen molar-refractivity contribution in [2.45, 2.75) is 31.7 Å². The van der Waals surface area contributed by atoms with E-state index >= 15 is 0 Å². The van der Waals surface area contributed by atoms with Crippen LogP contribution in [0.15, 0.2) is 42.5 Å². The summed E-state index contributed by atoms with van der Waals surface area (Å²) in [7, 11) is 0. The number of anilines is 3. The first kappa shape index (κ1) is 16.5. The molecule has 0 saturated heterocycles. The van der Waals surface area contributed by atoms with E-state index in [4.69, 9.17) is 0 Å². The van der Waals surface area contributed by atoms with E-state index in [2.05, 4.69) is 25.8 Å². The van der Waals surface area contributed by atoms with Crippen LogP contribution in [0.25, 0.3) is 0 Å². The van der Waals surface area contributed by atoms with Gasteiger partial charge in [-0.1, -0.05) is 12.1 Å². The fraction of sp³-hybridized carbons (Fsp3) is 0.263. The highest BCUT2D eigenvalue weighted by Crippen LogP contribution is 2.39. The molecule has 1 aliphatic carbocycles. The van der Waals surface area contributed by atoms with Gasteiger partial charge in [0.25, 0.3) is 0 Å². The molecule has 1 fully saturated rings. The summed E-state index contributed by atoms with van der Waals surface area (Å²) in [5, 5.41) is 13.2. The second-order valence-corrected chi connectivity index (χ2v) is 6.55. The molecule has 1 saturated carbocycles. The molecule has 134 valence electrons. The molecule has 0 radical (unpaired) electrons. The van der Waals surface area contributed by atoms with Gasteiger partial charge in [0.05, 0.1) is 0 Å². The van der Waals surface area contributed by atoms with Gasteiger partial charge in [0.1, 0.15) is 11.6 Å². The zero-order valence-electron chi connectivity index (χ0n) is 14.3. The van der Waals surface area contributed by atoms with Crippen LogP contribution in [0.3, 0.4) is 0 Å². The molecular formula is C19H19F2N5. The smallest absolute Gasteiger partial charge is 0.170 e. The summed E-state index contributed by atoms with van der Waals surface area (Å²) >= 11 is 0. The Hall–Kier alpha value is -2.96. The maximum absolute atomic E-state index is 14.1. The van der Waals surface area contributed by atoms with Crippen molar-refractivity contribution in [3.8, 4) is 0 Å². The van der Waals surface area contributed by atoms with E-state index in [-0.39, 0.29) is 17.7 Å². The van der Waals surface area contributed by atoms with Gasteiger partial charge in [-0.05, 0) is 49.6 Å². The number of benzene rings is 1. The number of nitrogens with one attached hydrogen (secondary N) is 3. The van der Waals surface area contributed by atoms with Crippen molar-refractivity contribution < 1.29 is 8.78 Å². The minimum atomic E-state index is -0.457. The molecule has 2 heterocycles. The highest BCUT2D eigenvalue weighted by molar-refractivity contribution is 5.56. The molecule has 0 amide bonds. The van der Waals surface area contributed by atoms with E-state index in [1.54, 1.807) is 18.2 Å². The molecule has 1 unspecified atom stereocenters. The highest BCUT2D eigenvalue weighted by Gasteiger charge is 2.25. The van der Waals surface area contributed by atoms with Crippen LogP contribution in [-0.4, -0.2) is 15.2 Å². The summed E-state index contributed by atoms with van der Waals surface area (Å²) in [6, 6.07) is 10.9. The van der Waals surface area contributed by atoms with E-state index in [1.165, 1.54) is 18.2 Å². The van der Waals surface area contributed by atoms with Crippen molar-refractivity contribution >= 4 is 17.5 Å². The summed E-state index contributed by atoms with van der Waals surface area (Å²) in [6.45, 7) is 1.93. The zero-order chi connectivity index (χ0) is 18.1. The molecule has 0 spiro atoms. The Kier molecular flexibility index (Phi) is 4.28. The van der Waals surface area contributed by atoms with Gasteiger partial charge in [0.15, 0.2) is 17.5 Å². The standard InChI is InChI=1S/C19H19F2N5/c1-11(12-4-6-14(20)7-5-12)22-17-9-8-15(21)19(23-17)24-18-10-16(25-26-18)13-2-3-13/h4-11,13H,2-3H2,1H3,(H3,22,23,24,25,26). The van der Waals surface area contributed by atoms with Crippen LogP contribution < -0.4 is 10.6 Å². The number of hydrogen-bond acceptors (Lipinski definition) is 4. The fourth-order valence-corrected chi connectivity index (χ4v) is 2.79. The Morgan fingerprint density at radius 3 is 2.58 bits per heavy atom. The number of pyridine rings is 1. The lowest BCUT2D eigenvalue weighted by Crippen LogP contribution is -2.09. The van der Waals surface area contributed by atoms with Crippen LogP contribution in [0.2, 0.25) is 0 Å². The average molecular weight is 355 g/mol. The molecule has 0 aliphatic heterocycles. The predicted octanol–water partition coefficient (Wildman–Crippen LogP) is 4.88. The Labute approximate surface area is 149 Å². The third kappa shape index (κ3) is 3.66. The number of H-pyrrole nitrogens is 1. The summed E-state index contributed by atoms with van der Waals surface area (Å²) < 4.78 is 27.2. The molecule has 7 heteroatoms. The number of rotatable bonds is 6. The van der Waals surface area contributed by atoms with Gasteiger partial charge in [-0.2, -0.15) is 5.10 Å². The monoisotopic (exact) mass is 355 g/mol. The average Bonchev–Trinajstić information content (AvgIpc) is 3.38. The Morgan fingerprint density at radius 2 is 1.85 bits per heavy atom. The van der Waals surface area contributed by atoms with Crippen LogP contribution in [0.4, 0.5) is 26.2 Å². The molecule has 4 rings (SSSR count). The van der Waals surface area contributed by atoms with Gasteiger partial charge in [-0.15, -0.1) is 0 Å². The van der Waals surface area contributed by atoms with Crippen molar-refractivity contribution in [3.05, 3.63) is 65.4 Å². The third-order valence-electron chi connectivity index (χ3n) is 4.44. The quantitative estimate of drug-likeness (QED) is 0.590. The van der Waals surface area contributed by atoms with Gasteiger partial charge in [0.2, 0.25) is 0 Å². The fourth-order valence-electron chi connectivity index (χ4n) is 2.79. The van der Waals surface area contributed by atoms with Crippen LogP contribution in [-0.2, 0) is 0 Å². The Balaban J connectivity index is 1.48. The molecule has 1 aliphatic rings. The molecule has 5 nitrogen and oxygen atoms in total. The molecule has 3 aromatic rings. The number of aromatic nitrogens is 3. The normalized spacial score (nSPS) is 14.9. The van der Waals surface area contributed by atoms with Crippen LogP contribution >= 0.6 is 0 Å². The SMILES string of the molecule is CC(Nc1ccc(F)c(Nc2cc(C3CC3)[nH]n2)n1)c1ccc(F)cc1. The minimum Gasteiger partial charge on any atom is -0.363 e. The first-order chi connectivity index (χ1) is 12.6. The van der Waals surface area contributed by atoms with Crippen LogP contribution in [0.1, 0.15) is 43.0 Å². The van der Waals surface area contributed by atoms with Crippen molar-refractivity contribution in [2.75, 3.05) is 10.6 Å². The molecule has 0 bridgehead atoms. The van der Waals surface area contributed by atoms with Gasteiger partial charge in [0, 0.05) is 23.7 Å². The number of halogens is 2. The first-order valence-corrected chi connectivity index (χ1v) is 8.59. The summed E-state index contributed by atoms with van der Waals surface area (Å²) in [5.41, 5.74) is 1.97. The molecule has 26 heavy (non-hydrogen) atoms. The van der Waals surface area contributed by atoms with Crippen LogP contribution in [0, 0.1) is 11.6 Å². The van der Waals surface area contributed by atoms with Gasteiger partial charge >= 0.3 is 0 Å². The second kappa shape index (κ2) is 6.74. The predicted molar refractivity (Wildman–Crippen MR) is 96.5 cm³/mol. The van der Waals surface area contributed by atoms with E-state index in [9.17, 15) is 8.78 Å². The molecule has 1 atom stereocenters. The Morgan fingerprint density at radius 1 is 1.08 bits per heavy atom. The van der Waals surface area contributed by atoms with Gasteiger partial charge < -0.3 is 10.6 Å². The van der Waals surface area contributed by atoms with Crippen molar-refractivity contribution in [3.63, 3.8) is 0 Å². The minimum absolute atomic E-state index is 0.103. The lowest BCUT2D eigenvalue weighted by Gasteiger charge is -2.16. The zero-order valence-corrected chi connectivity index (χ0v) is 14.3. The largest absolute Gasteiger partial charge is 0.363 e. The number of hydrogen-bond donors (Lipinski definition) is 3. The topological polar surface area (TPSA) is 65.6 Å². The van der Waals surface area contributed by atoms with E-state index < -0.39 is 5.82 Å². The first-order valence-electron chi connectivity index (χ1n) is 8.59. The molecular weight excluding hydrogens is 336 g/mol. The van der Waals surface area contributed by atoms with E-state index in [0.717, 1.165) is 24.1 Å². The maximum Gasteiger partial charge on any atom is 0.170 e. The van der Waals surface area contributed by atoms with Crippen molar-refractivity contribution in [1.29, 1.82) is 0 Å². The molecule has 2 aromatic heterocycles. The number of aromatic amines is 1. The Bertz CT molecular complexity index is 903. The van der Waals surface area contributed by atoms with Gasteiger partial charge in [-0.3, -0.25) is 5.10 Å². The molecule has 1 aromatic carbocycles. The molecule has 3 N–H and O–H groups in total. The maximum atomic E-state index is 14.1. The van der Waals surface area contributed by atoms with E-state index in [1.807, 2.05) is 13.0 Å². The van der Waals surface area contributed by atoms with Gasteiger partial charge in [-0.25, -0.2) is 13.8 Å². The summed E-state index contributed by atoms with van der Waals surface area (Å²) in [4.78, 5) is 4.30. The number of nitrogens with zero attached hydrogens (tertiary/aromatic N) is 2. The van der Waals surface area contributed by atoms with Crippen molar-refractivity contribution in [1.82, 2.24) is 15.2 Å². The summed E-state index contributed by atoms with van der Waals surface area (Å²) in [6.07, 6.45) is 2.32. The summed E-state index contributed by atoms with van der Waals surface area (Å²) in [5.74, 6) is 0.971. The highest BCUT2D eigenvalue weighted by atomic mass is 19.1. The lowest BCUT2D eigenvalue weighted by molar-refractivity contribution is 0.625. The van der Waals surface area contributed by atoms with Crippen LogP contribution in [0.5, 0.6) is 0 Å². The second-order valence-electron chi connectivity index (χ2n) is 6.55.